The van der Waals surface area contributed by atoms with Gasteiger partial charge in [-0.05, 0) is 23.5 Å². The summed E-state index contributed by atoms with van der Waals surface area (Å²) in [6.07, 6.45) is 3.76. The van der Waals surface area contributed by atoms with Gasteiger partial charge in [0.25, 0.3) is 0 Å². The molecule has 2 rings (SSSR count). The fraction of sp³-hybridized carbons (Fsp3) is 0.526. The first-order chi connectivity index (χ1) is 12.0. The molecule has 1 unspecified atom stereocenters. The van der Waals surface area contributed by atoms with Crippen LogP contribution in [-0.4, -0.2) is 29.5 Å². The van der Waals surface area contributed by atoms with Crippen LogP contribution in [0.25, 0.3) is 0 Å². The van der Waals surface area contributed by atoms with Gasteiger partial charge < -0.3 is 10.6 Å². The molecule has 0 fully saturated rings. The lowest BCUT2D eigenvalue weighted by Gasteiger charge is -2.22. The standard InChI is InChI=1S/C19H29N5S.HI/c1-13(2)16(15-7-6-8-21-9-15)10-22-19(20-5)23-11-18-24-17(12-25-18)14(3)4;/h6-9,12-14,16H,10-11H2,1-5H3,(H2,20,22,23);1H. The summed E-state index contributed by atoms with van der Waals surface area (Å²) >= 11 is 1.69. The van der Waals surface area contributed by atoms with Crippen LogP contribution in [0.3, 0.4) is 0 Å². The lowest BCUT2D eigenvalue weighted by Crippen LogP contribution is -2.39. The first-order valence-corrected chi connectivity index (χ1v) is 9.68. The Morgan fingerprint density at radius 1 is 1.23 bits per heavy atom. The molecule has 7 heteroatoms. The van der Waals surface area contributed by atoms with E-state index in [9.17, 15) is 0 Å². The number of pyridine rings is 1. The van der Waals surface area contributed by atoms with Crippen molar-refractivity contribution >= 4 is 41.3 Å². The monoisotopic (exact) mass is 487 g/mol. The fourth-order valence-corrected chi connectivity index (χ4v) is 3.49. The third-order valence-electron chi connectivity index (χ3n) is 4.20. The summed E-state index contributed by atoms with van der Waals surface area (Å²) < 4.78 is 0. The van der Waals surface area contributed by atoms with Crippen LogP contribution >= 0.6 is 35.3 Å². The quantitative estimate of drug-likeness (QED) is 0.346. The van der Waals surface area contributed by atoms with Crippen LogP contribution in [-0.2, 0) is 6.54 Å². The fourth-order valence-electron chi connectivity index (χ4n) is 2.59. The van der Waals surface area contributed by atoms with E-state index < -0.39 is 0 Å². The zero-order chi connectivity index (χ0) is 18.2. The van der Waals surface area contributed by atoms with Crippen molar-refractivity contribution in [1.82, 2.24) is 20.6 Å². The Balaban J connectivity index is 0.00000338. The highest BCUT2D eigenvalue weighted by Gasteiger charge is 2.16. The second-order valence-electron chi connectivity index (χ2n) is 6.76. The third-order valence-corrected chi connectivity index (χ3v) is 5.07. The van der Waals surface area contributed by atoms with Gasteiger partial charge in [0.2, 0.25) is 0 Å². The minimum absolute atomic E-state index is 0. The van der Waals surface area contributed by atoms with Crippen molar-refractivity contribution in [3.63, 3.8) is 0 Å². The summed E-state index contributed by atoms with van der Waals surface area (Å²) in [7, 11) is 1.80. The Morgan fingerprint density at radius 3 is 2.54 bits per heavy atom. The highest BCUT2D eigenvalue weighted by molar-refractivity contribution is 14.0. The van der Waals surface area contributed by atoms with Gasteiger partial charge in [0.1, 0.15) is 5.01 Å². The molecule has 0 aromatic carbocycles. The van der Waals surface area contributed by atoms with Crippen LogP contribution in [0, 0.1) is 5.92 Å². The van der Waals surface area contributed by atoms with Crippen LogP contribution in [0.15, 0.2) is 34.9 Å². The SMILES string of the molecule is CN=C(NCc1nc(C(C)C)cs1)NCC(c1cccnc1)C(C)C.I. The predicted molar refractivity (Wildman–Crippen MR) is 122 cm³/mol. The molecule has 5 nitrogen and oxygen atoms in total. The Kier molecular flexibility index (Phi) is 10.1. The van der Waals surface area contributed by atoms with Crippen molar-refractivity contribution in [2.24, 2.45) is 10.9 Å². The van der Waals surface area contributed by atoms with Gasteiger partial charge in [0.15, 0.2) is 5.96 Å². The smallest absolute Gasteiger partial charge is 0.191 e. The maximum absolute atomic E-state index is 4.65. The van der Waals surface area contributed by atoms with Crippen molar-refractivity contribution in [2.75, 3.05) is 13.6 Å². The lowest BCUT2D eigenvalue weighted by atomic mass is 9.89. The molecule has 2 heterocycles. The maximum atomic E-state index is 4.65. The molecule has 2 aromatic rings. The average Bonchev–Trinajstić information content (AvgIpc) is 3.08. The lowest BCUT2D eigenvalue weighted by molar-refractivity contribution is 0.487. The number of aliphatic imine (C=N–C) groups is 1. The van der Waals surface area contributed by atoms with Gasteiger partial charge >= 0.3 is 0 Å². The number of hydrogen-bond donors (Lipinski definition) is 2. The summed E-state index contributed by atoms with van der Waals surface area (Å²) in [6.45, 7) is 10.3. The van der Waals surface area contributed by atoms with E-state index >= 15 is 0 Å². The van der Waals surface area contributed by atoms with Crippen molar-refractivity contribution in [2.45, 2.75) is 46.1 Å². The van der Waals surface area contributed by atoms with Gasteiger partial charge in [-0.1, -0.05) is 33.8 Å². The molecular formula is C19H30IN5S. The molecule has 26 heavy (non-hydrogen) atoms. The highest BCUT2D eigenvalue weighted by atomic mass is 127. The molecular weight excluding hydrogens is 457 g/mol. The van der Waals surface area contributed by atoms with Crippen LogP contribution < -0.4 is 10.6 Å². The van der Waals surface area contributed by atoms with Crippen molar-refractivity contribution < 1.29 is 0 Å². The van der Waals surface area contributed by atoms with Gasteiger partial charge in [-0.2, -0.15) is 0 Å². The minimum Gasteiger partial charge on any atom is -0.356 e. The Hall–Kier alpha value is -1.22. The molecule has 0 saturated heterocycles. The van der Waals surface area contributed by atoms with Gasteiger partial charge in [-0.15, -0.1) is 35.3 Å². The van der Waals surface area contributed by atoms with E-state index in [0.29, 0.717) is 24.3 Å². The van der Waals surface area contributed by atoms with Crippen LogP contribution in [0.2, 0.25) is 0 Å². The second-order valence-corrected chi connectivity index (χ2v) is 7.71. The predicted octanol–water partition coefficient (Wildman–Crippen LogP) is 4.38. The number of aromatic nitrogens is 2. The second kappa shape index (κ2) is 11.5. The zero-order valence-corrected chi connectivity index (χ0v) is 19.3. The average molecular weight is 487 g/mol. The van der Waals surface area contributed by atoms with Gasteiger partial charge in [-0.3, -0.25) is 9.98 Å². The summed E-state index contributed by atoms with van der Waals surface area (Å²) in [5, 5.41) is 10.0. The molecule has 0 aliphatic rings. The molecule has 0 spiro atoms. The first kappa shape index (κ1) is 22.8. The Labute approximate surface area is 178 Å². The summed E-state index contributed by atoms with van der Waals surface area (Å²) in [6, 6.07) is 4.13. The summed E-state index contributed by atoms with van der Waals surface area (Å²) in [5.74, 6) is 2.17. The van der Waals surface area contributed by atoms with Gasteiger partial charge in [0, 0.05) is 37.3 Å². The molecule has 0 bridgehead atoms. The number of nitrogens with zero attached hydrogens (tertiary/aromatic N) is 3. The summed E-state index contributed by atoms with van der Waals surface area (Å²) in [5.41, 5.74) is 2.41. The van der Waals surface area contributed by atoms with Crippen molar-refractivity contribution in [3.05, 3.63) is 46.2 Å². The van der Waals surface area contributed by atoms with Gasteiger partial charge in [-0.25, -0.2) is 4.98 Å². The van der Waals surface area contributed by atoms with E-state index in [1.54, 1.807) is 18.4 Å². The number of guanidine groups is 1. The highest BCUT2D eigenvalue weighted by Crippen LogP contribution is 2.22. The van der Waals surface area contributed by atoms with Crippen LogP contribution in [0.4, 0.5) is 0 Å². The molecule has 0 saturated carbocycles. The Bertz CT molecular complexity index is 670. The van der Waals surface area contributed by atoms with Crippen molar-refractivity contribution in [3.8, 4) is 0 Å². The van der Waals surface area contributed by atoms with E-state index in [1.807, 2.05) is 18.5 Å². The first-order valence-electron chi connectivity index (χ1n) is 8.80. The largest absolute Gasteiger partial charge is 0.356 e. The maximum Gasteiger partial charge on any atom is 0.191 e. The molecule has 1 atom stereocenters. The van der Waals surface area contributed by atoms with E-state index in [2.05, 4.69) is 64.7 Å². The number of halogens is 1. The molecule has 0 amide bonds. The normalized spacial score (nSPS) is 12.8. The molecule has 0 aliphatic carbocycles. The van der Waals surface area contributed by atoms with E-state index in [-0.39, 0.29) is 24.0 Å². The Morgan fingerprint density at radius 2 is 2.00 bits per heavy atom. The number of hydrogen-bond acceptors (Lipinski definition) is 4. The van der Waals surface area contributed by atoms with E-state index in [1.165, 1.54) is 5.56 Å². The molecule has 0 aliphatic heterocycles. The number of rotatable bonds is 7. The third kappa shape index (κ3) is 6.83. The topological polar surface area (TPSA) is 62.2 Å². The van der Waals surface area contributed by atoms with Gasteiger partial charge in [0.05, 0.1) is 12.2 Å². The minimum atomic E-state index is 0. The molecule has 2 N–H and O–H groups in total. The summed E-state index contributed by atoms with van der Waals surface area (Å²) in [4.78, 5) is 13.2. The van der Waals surface area contributed by atoms with E-state index in [0.717, 1.165) is 23.2 Å². The van der Waals surface area contributed by atoms with Crippen LogP contribution in [0.1, 0.15) is 55.8 Å². The van der Waals surface area contributed by atoms with E-state index in [4.69, 9.17) is 0 Å². The molecule has 0 radical (unpaired) electrons. The molecule has 2 aromatic heterocycles. The number of nitrogens with one attached hydrogen (secondary N) is 2. The van der Waals surface area contributed by atoms with Crippen LogP contribution in [0.5, 0.6) is 0 Å². The zero-order valence-electron chi connectivity index (χ0n) is 16.2. The molecule has 144 valence electrons. The van der Waals surface area contributed by atoms with Crippen molar-refractivity contribution in [1.29, 1.82) is 0 Å². The number of thiazole rings is 1.